The van der Waals surface area contributed by atoms with Crippen LogP contribution in [0.1, 0.15) is 27.3 Å². The van der Waals surface area contributed by atoms with Crippen molar-refractivity contribution >= 4 is 40.3 Å². The van der Waals surface area contributed by atoms with Crippen LogP contribution in [0.3, 0.4) is 0 Å². The SMILES string of the molecule is Cc1nc(-c2ccccc2)sc1C(=O)N1CCC(F)(F)C(=CC(=O)N2CCNC(=O)C2)c2ccccc21. The first-order chi connectivity index (χ1) is 17.7. The number of piperazine rings is 1. The van der Waals surface area contributed by atoms with Crippen molar-refractivity contribution in [3.05, 3.63) is 76.8 Å². The van der Waals surface area contributed by atoms with Crippen molar-refractivity contribution in [2.75, 3.05) is 31.1 Å². The van der Waals surface area contributed by atoms with Gasteiger partial charge in [-0.1, -0.05) is 48.5 Å². The van der Waals surface area contributed by atoms with Crippen molar-refractivity contribution in [1.29, 1.82) is 0 Å². The van der Waals surface area contributed by atoms with Crippen LogP contribution in [-0.4, -0.2) is 59.7 Å². The summed E-state index contributed by atoms with van der Waals surface area (Å²) in [5.41, 5.74) is 1.34. The zero-order chi connectivity index (χ0) is 26.2. The molecule has 1 N–H and O–H groups in total. The Hall–Kier alpha value is -3.92. The molecule has 190 valence electrons. The number of halogens is 2. The highest BCUT2D eigenvalue weighted by molar-refractivity contribution is 7.17. The maximum Gasteiger partial charge on any atom is 0.275 e. The number of fused-ring (bicyclic) bond motifs is 1. The largest absolute Gasteiger partial charge is 0.353 e. The Morgan fingerprint density at radius 1 is 1.08 bits per heavy atom. The quantitative estimate of drug-likeness (QED) is 0.524. The lowest BCUT2D eigenvalue weighted by Crippen LogP contribution is -2.49. The van der Waals surface area contributed by atoms with E-state index in [0.29, 0.717) is 21.3 Å². The molecule has 2 aliphatic heterocycles. The van der Waals surface area contributed by atoms with Gasteiger partial charge in [0, 0.05) is 48.8 Å². The van der Waals surface area contributed by atoms with Crippen molar-refractivity contribution in [2.45, 2.75) is 19.3 Å². The van der Waals surface area contributed by atoms with Crippen molar-refractivity contribution < 1.29 is 23.2 Å². The standard InChI is InChI=1S/C27H24F2N4O3S/c1-17-24(37-25(31-17)18-7-3-2-4-8-18)26(36)33-13-11-27(28,29)20(19-9-5-6-10-21(19)33)15-23(35)32-14-12-30-22(34)16-32/h2-10,15H,11-14,16H2,1H3,(H,30,34). The Bertz CT molecular complexity index is 1400. The van der Waals surface area contributed by atoms with E-state index in [1.165, 1.54) is 27.2 Å². The van der Waals surface area contributed by atoms with E-state index in [-0.39, 0.29) is 37.6 Å². The van der Waals surface area contributed by atoms with Gasteiger partial charge in [0.05, 0.1) is 17.9 Å². The van der Waals surface area contributed by atoms with E-state index in [9.17, 15) is 14.4 Å². The summed E-state index contributed by atoms with van der Waals surface area (Å²) < 4.78 is 31.0. The van der Waals surface area contributed by atoms with Crippen LogP contribution in [0, 0.1) is 6.92 Å². The molecule has 0 radical (unpaired) electrons. The summed E-state index contributed by atoms with van der Waals surface area (Å²) in [6.07, 6.45) is 0.257. The second-order valence-electron chi connectivity index (χ2n) is 8.90. The highest BCUT2D eigenvalue weighted by Gasteiger charge is 2.42. The maximum atomic E-state index is 15.5. The van der Waals surface area contributed by atoms with E-state index in [0.717, 1.165) is 11.6 Å². The molecule has 2 aromatic carbocycles. The lowest BCUT2D eigenvalue weighted by atomic mass is 9.96. The van der Waals surface area contributed by atoms with Crippen LogP contribution < -0.4 is 10.2 Å². The summed E-state index contributed by atoms with van der Waals surface area (Å²) in [7, 11) is 0. The van der Waals surface area contributed by atoms with Gasteiger partial charge >= 0.3 is 0 Å². The molecule has 3 aromatic rings. The topological polar surface area (TPSA) is 82.6 Å². The average molecular weight is 523 g/mol. The molecule has 5 rings (SSSR count). The zero-order valence-corrected chi connectivity index (χ0v) is 20.9. The Kier molecular flexibility index (Phi) is 6.59. The van der Waals surface area contributed by atoms with Crippen LogP contribution >= 0.6 is 11.3 Å². The number of rotatable bonds is 3. The molecule has 0 aliphatic carbocycles. The van der Waals surface area contributed by atoms with E-state index in [1.807, 2.05) is 30.3 Å². The highest BCUT2D eigenvalue weighted by Crippen LogP contribution is 2.44. The fraction of sp³-hybridized carbons (Fsp3) is 0.259. The fourth-order valence-corrected chi connectivity index (χ4v) is 5.52. The van der Waals surface area contributed by atoms with Crippen LogP contribution in [0.4, 0.5) is 14.5 Å². The Labute approximate surface area is 216 Å². The van der Waals surface area contributed by atoms with E-state index in [4.69, 9.17) is 0 Å². The number of para-hydroxylation sites is 1. The van der Waals surface area contributed by atoms with Gasteiger partial charge in [0.25, 0.3) is 11.8 Å². The van der Waals surface area contributed by atoms with Crippen LogP contribution in [0.15, 0.2) is 60.7 Å². The number of nitrogens with one attached hydrogen (secondary N) is 1. The number of hydrogen-bond donors (Lipinski definition) is 1. The van der Waals surface area contributed by atoms with Gasteiger partial charge in [0.15, 0.2) is 0 Å². The summed E-state index contributed by atoms with van der Waals surface area (Å²) in [6, 6.07) is 15.8. The van der Waals surface area contributed by atoms with Gasteiger partial charge in [-0.3, -0.25) is 14.4 Å². The van der Waals surface area contributed by atoms with Crippen LogP contribution in [-0.2, 0) is 9.59 Å². The first-order valence-corrected chi connectivity index (χ1v) is 12.7. The van der Waals surface area contributed by atoms with Gasteiger partial charge in [-0.05, 0) is 13.0 Å². The monoisotopic (exact) mass is 522 g/mol. The minimum absolute atomic E-state index is 0.110. The molecule has 0 atom stereocenters. The number of anilines is 1. The Morgan fingerprint density at radius 3 is 2.57 bits per heavy atom. The maximum absolute atomic E-state index is 15.5. The van der Waals surface area contributed by atoms with Crippen molar-refractivity contribution in [3.63, 3.8) is 0 Å². The number of amides is 3. The predicted octanol–water partition coefficient (Wildman–Crippen LogP) is 4.15. The third kappa shape index (κ3) is 4.89. The van der Waals surface area contributed by atoms with Crippen LogP contribution in [0.2, 0.25) is 0 Å². The molecule has 37 heavy (non-hydrogen) atoms. The number of alkyl halides is 2. The molecule has 3 amide bonds. The molecule has 0 spiro atoms. The molecule has 3 heterocycles. The number of thiazole rings is 1. The number of carbonyl (C=O) groups is 3. The van der Waals surface area contributed by atoms with Gasteiger partial charge < -0.3 is 15.1 Å². The van der Waals surface area contributed by atoms with Crippen molar-refractivity contribution in [3.8, 4) is 10.6 Å². The van der Waals surface area contributed by atoms with Gasteiger partial charge in [0.2, 0.25) is 11.8 Å². The van der Waals surface area contributed by atoms with Crippen LogP contribution in [0.25, 0.3) is 16.1 Å². The van der Waals surface area contributed by atoms with E-state index < -0.39 is 29.7 Å². The average Bonchev–Trinajstić information content (AvgIpc) is 3.24. The Morgan fingerprint density at radius 2 is 1.81 bits per heavy atom. The number of hydrogen-bond acceptors (Lipinski definition) is 5. The first kappa shape index (κ1) is 24.8. The zero-order valence-electron chi connectivity index (χ0n) is 20.0. The number of aryl methyl sites for hydroxylation is 1. The lowest BCUT2D eigenvalue weighted by molar-refractivity contribution is -0.134. The van der Waals surface area contributed by atoms with Crippen LogP contribution in [0.5, 0.6) is 0 Å². The molecule has 7 nitrogen and oxygen atoms in total. The number of benzene rings is 2. The Balaban J connectivity index is 1.52. The summed E-state index contributed by atoms with van der Waals surface area (Å²) >= 11 is 1.22. The first-order valence-electron chi connectivity index (χ1n) is 11.8. The molecule has 0 unspecified atom stereocenters. The molecule has 1 saturated heterocycles. The fourth-order valence-electron chi connectivity index (χ4n) is 4.50. The molecule has 1 fully saturated rings. The molecular weight excluding hydrogens is 498 g/mol. The van der Waals surface area contributed by atoms with Crippen molar-refractivity contribution in [2.24, 2.45) is 0 Å². The van der Waals surface area contributed by atoms with Gasteiger partial charge in [0.1, 0.15) is 9.88 Å². The molecule has 10 heteroatoms. The number of aromatic nitrogens is 1. The molecule has 1 aromatic heterocycles. The van der Waals surface area contributed by atoms with Gasteiger partial charge in [-0.25, -0.2) is 13.8 Å². The second kappa shape index (κ2) is 9.85. The summed E-state index contributed by atoms with van der Waals surface area (Å²) in [5.74, 6) is -4.78. The number of allylic oxidation sites excluding steroid dienone is 1. The second-order valence-corrected chi connectivity index (χ2v) is 9.89. The predicted molar refractivity (Wildman–Crippen MR) is 138 cm³/mol. The van der Waals surface area contributed by atoms with E-state index in [1.54, 1.807) is 25.1 Å². The summed E-state index contributed by atoms with van der Waals surface area (Å²) in [5, 5.41) is 3.29. The minimum atomic E-state index is -3.36. The smallest absolute Gasteiger partial charge is 0.275 e. The van der Waals surface area contributed by atoms with Gasteiger partial charge in [-0.2, -0.15) is 0 Å². The van der Waals surface area contributed by atoms with Crippen molar-refractivity contribution in [1.82, 2.24) is 15.2 Å². The molecule has 2 aliphatic rings. The summed E-state index contributed by atoms with van der Waals surface area (Å²) in [6.45, 7) is 1.81. The molecule has 0 bridgehead atoms. The van der Waals surface area contributed by atoms with Gasteiger partial charge in [-0.15, -0.1) is 11.3 Å². The lowest BCUT2D eigenvalue weighted by Gasteiger charge is -2.26. The van der Waals surface area contributed by atoms with E-state index in [2.05, 4.69) is 10.3 Å². The minimum Gasteiger partial charge on any atom is -0.353 e. The normalized spacial score (nSPS) is 18.2. The number of carbonyl (C=O) groups excluding carboxylic acids is 3. The molecular formula is C27H24F2N4O3S. The third-order valence-corrected chi connectivity index (χ3v) is 7.60. The third-order valence-electron chi connectivity index (χ3n) is 6.40. The number of nitrogens with zero attached hydrogens (tertiary/aromatic N) is 3. The highest BCUT2D eigenvalue weighted by atomic mass is 32.1. The summed E-state index contributed by atoms with van der Waals surface area (Å²) in [4.78, 5) is 45.8. The van der Waals surface area contributed by atoms with E-state index >= 15 is 8.78 Å². The molecule has 0 saturated carbocycles.